The predicted octanol–water partition coefficient (Wildman–Crippen LogP) is 9.66. The first-order valence-corrected chi connectivity index (χ1v) is 20.2. The van der Waals surface area contributed by atoms with Crippen LogP contribution in [0.1, 0.15) is 86.8 Å². The van der Waals surface area contributed by atoms with Gasteiger partial charge in [-0.25, -0.2) is 0 Å². The molecule has 1 saturated heterocycles. The highest BCUT2D eigenvalue weighted by atomic mass is 28.4. The Morgan fingerprint density at radius 2 is 1.35 bits per heavy atom. The van der Waals surface area contributed by atoms with Crippen molar-refractivity contribution in [2.24, 2.45) is 23.7 Å². The van der Waals surface area contributed by atoms with Crippen molar-refractivity contribution in [1.82, 2.24) is 0 Å². The quantitative estimate of drug-likeness (QED) is 0.168. The topological polar surface area (TPSA) is 55.4 Å². The van der Waals surface area contributed by atoms with E-state index >= 15 is 0 Å². The summed E-state index contributed by atoms with van der Waals surface area (Å²) in [5, 5.41) is 0.0914. The van der Waals surface area contributed by atoms with Crippen molar-refractivity contribution in [3.63, 3.8) is 0 Å². The van der Waals surface area contributed by atoms with Crippen molar-refractivity contribution in [3.8, 4) is 5.75 Å². The van der Waals surface area contributed by atoms with Crippen molar-refractivity contribution in [1.29, 1.82) is 0 Å². The fourth-order valence-corrected chi connectivity index (χ4v) is 7.79. The minimum absolute atomic E-state index is 0.0151. The second-order valence-electron chi connectivity index (χ2n) is 15.9. The summed E-state index contributed by atoms with van der Waals surface area (Å²) in [5.74, 6) is 0.956. The van der Waals surface area contributed by atoms with Crippen LogP contribution < -0.4 is 4.74 Å². The molecule has 7 heteroatoms. The third kappa shape index (κ3) is 10.9. The van der Waals surface area contributed by atoms with Crippen molar-refractivity contribution in [3.05, 3.63) is 65.7 Å². The van der Waals surface area contributed by atoms with E-state index in [4.69, 9.17) is 28.1 Å². The number of ether oxygens (including phenoxy) is 5. The Morgan fingerprint density at radius 1 is 0.804 bits per heavy atom. The Kier molecular flexibility index (Phi) is 13.9. The summed E-state index contributed by atoms with van der Waals surface area (Å²) >= 11 is 0. The van der Waals surface area contributed by atoms with E-state index in [1.54, 1.807) is 7.11 Å². The third-order valence-electron chi connectivity index (χ3n) is 10.1. The first kappa shape index (κ1) is 38.7. The molecule has 1 aliphatic rings. The standard InChI is InChI=1S/C39H64O6Si/c1-27(2)36(42-26-32-19-21-33(40-11)22-20-32)29(4)34-23-35(44-39(9,10)43-34)30(5)37(45-46(12,13)38(6,7)8)28(3)24-41-25-31-17-15-14-16-18-31/h14-22,27-30,34-37H,23-26H2,1-13H3/t28-,29+,30-,34+,35+,36-,37-/m1/s1. The van der Waals surface area contributed by atoms with Gasteiger partial charge in [-0.15, -0.1) is 0 Å². The molecule has 1 fully saturated rings. The van der Waals surface area contributed by atoms with E-state index in [0.29, 0.717) is 25.7 Å². The highest BCUT2D eigenvalue weighted by Gasteiger charge is 2.47. The summed E-state index contributed by atoms with van der Waals surface area (Å²) in [6.45, 7) is 28.8. The highest BCUT2D eigenvalue weighted by Crippen LogP contribution is 2.42. The summed E-state index contributed by atoms with van der Waals surface area (Å²) in [6.07, 6.45) is 0.755. The summed E-state index contributed by atoms with van der Waals surface area (Å²) in [6, 6.07) is 18.5. The lowest BCUT2D eigenvalue weighted by Crippen LogP contribution is -2.55. The zero-order valence-electron chi connectivity index (χ0n) is 31.1. The largest absolute Gasteiger partial charge is 0.497 e. The van der Waals surface area contributed by atoms with Crippen LogP contribution in [0.2, 0.25) is 18.1 Å². The van der Waals surface area contributed by atoms with Crippen LogP contribution in [-0.4, -0.2) is 52.2 Å². The van der Waals surface area contributed by atoms with Crippen LogP contribution in [0.5, 0.6) is 5.75 Å². The highest BCUT2D eigenvalue weighted by molar-refractivity contribution is 6.74. The predicted molar refractivity (Wildman–Crippen MR) is 191 cm³/mol. The second kappa shape index (κ2) is 16.6. The molecule has 0 aliphatic carbocycles. The van der Waals surface area contributed by atoms with Crippen LogP contribution in [0.25, 0.3) is 0 Å². The number of hydrogen-bond donors (Lipinski definition) is 0. The van der Waals surface area contributed by atoms with E-state index in [1.165, 1.54) is 5.56 Å². The number of rotatable bonds is 16. The van der Waals surface area contributed by atoms with Gasteiger partial charge in [-0.2, -0.15) is 0 Å². The molecular weight excluding hydrogens is 593 g/mol. The molecular formula is C39H64O6Si. The van der Waals surface area contributed by atoms with E-state index in [-0.39, 0.29) is 47.2 Å². The monoisotopic (exact) mass is 656 g/mol. The van der Waals surface area contributed by atoms with Gasteiger partial charge in [0.15, 0.2) is 14.1 Å². The molecule has 260 valence electrons. The maximum atomic E-state index is 7.24. The first-order chi connectivity index (χ1) is 21.4. The normalized spacial score (nSPS) is 22.2. The van der Waals surface area contributed by atoms with Crippen molar-refractivity contribution in [2.45, 2.75) is 137 Å². The molecule has 2 aromatic carbocycles. The van der Waals surface area contributed by atoms with Gasteiger partial charge in [-0.1, -0.05) is 97.9 Å². The van der Waals surface area contributed by atoms with E-state index in [2.05, 4.69) is 105 Å². The van der Waals surface area contributed by atoms with E-state index in [0.717, 1.165) is 17.7 Å². The maximum absolute atomic E-state index is 7.24. The van der Waals surface area contributed by atoms with Crippen LogP contribution in [0.3, 0.4) is 0 Å². The third-order valence-corrected chi connectivity index (χ3v) is 14.6. The minimum Gasteiger partial charge on any atom is -0.497 e. The van der Waals surface area contributed by atoms with Crippen molar-refractivity contribution < 1.29 is 28.1 Å². The van der Waals surface area contributed by atoms with Crippen LogP contribution in [-0.2, 0) is 36.6 Å². The number of hydrogen-bond acceptors (Lipinski definition) is 6. The Morgan fingerprint density at radius 3 is 1.87 bits per heavy atom. The lowest BCUT2D eigenvalue weighted by Gasteiger charge is -2.49. The fourth-order valence-electron chi connectivity index (χ4n) is 6.31. The molecule has 0 N–H and O–H groups in total. The van der Waals surface area contributed by atoms with Gasteiger partial charge in [-0.05, 0) is 61.2 Å². The summed E-state index contributed by atoms with van der Waals surface area (Å²) in [4.78, 5) is 0. The van der Waals surface area contributed by atoms with E-state index in [1.807, 2.05) is 32.0 Å². The van der Waals surface area contributed by atoms with Crippen molar-refractivity contribution in [2.75, 3.05) is 13.7 Å². The smallest absolute Gasteiger partial charge is 0.192 e. The molecule has 0 aromatic heterocycles. The van der Waals surface area contributed by atoms with Crippen LogP contribution >= 0.6 is 0 Å². The molecule has 0 bridgehead atoms. The molecule has 2 aromatic rings. The average molecular weight is 657 g/mol. The molecule has 46 heavy (non-hydrogen) atoms. The lowest BCUT2D eigenvalue weighted by molar-refractivity contribution is -0.323. The van der Waals surface area contributed by atoms with Gasteiger partial charge in [-0.3, -0.25) is 0 Å². The lowest BCUT2D eigenvalue weighted by atomic mass is 9.81. The summed E-state index contributed by atoms with van der Waals surface area (Å²) < 4.78 is 38.9. The number of methoxy groups -OCH3 is 1. The summed E-state index contributed by atoms with van der Waals surface area (Å²) in [5.41, 5.74) is 2.32. The first-order valence-electron chi connectivity index (χ1n) is 17.3. The molecule has 0 radical (unpaired) electrons. The van der Waals surface area contributed by atoms with Gasteiger partial charge in [0.05, 0.1) is 51.3 Å². The zero-order valence-corrected chi connectivity index (χ0v) is 32.1. The molecule has 0 saturated carbocycles. The van der Waals surface area contributed by atoms with E-state index in [9.17, 15) is 0 Å². The Hall–Kier alpha value is -1.74. The van der Waals surface area contributed by atoms with E-state index < -0.39 is 14.1 Å². The molecule has 6 nitrogen and oxygen atoms in total. The van der Waals surface area contributed by atoms with Gasteiger partial charge in [0.25, 0.3) is 0 Å². The Balaban J connectivity index is 1.78. The van der Waals surface area contributed by atoms with Crippen LogP contribution in [0, 0.1) is 23.7 Å². The van der Waals surface area contributed by atoms with Crippen molar-refractivity contribution >= 4 is 8.32 Å². The van der Waals surface area contributed by atoms with Gasteiger partial charge < -0.3 is 28.1 Å². The second-order valence-corrected chi connectivity index (χ2v) is 20.6. The van der Waals surface area contributed by atoms with Gasteiger partial charge in [0, 0.05) is 24.2 Å². The molecule has 7 atom stereocenters. The van der Waals surface area contributed by atoms with Gasteiger partial charge in [0.2, 0.25) is 0 Å². The minimum atomic E-state index is -2.09. The van der Waals surface area contributed by atoms with Crippen LogP contribution in [0.4, 0.5) is 0 Å². The summed E-state index contributed by atoms with van der Waals surface area (Å²) in [7, 11) is -0.399. The molecule has 1 heterocycles. The number of benzene rings is 2. The van der Waals surface area contributed by atoms with Crippen LogP contribution in [0.15, 0.2) is 54.6 Å². The molecule has 3 rings (SSSR count). The maximum Gasteiger partial charge on any atom is 0.192 e. The molecule has 0 spiro atoms. The zero-order chi connectivity index (χ0) is 34.3. The SMILES string of the molecule is COc1ccc(CO[C@H](C(C)C)[C@@H](C)[C@@H]2C[C@@H]([C@@H](C)[C@H](O[Si](C)(C)C(C)(C)C)[C@H](C)COCc3ccccc3)OC(C)(C)O2)cc1. The Bertz CT molecular complexity index is 1160. The Labute approximate surface area is 282 Å². The molecule has 1 aliphatic heterocycles. The average Bonchev–Trinajstić information content (AvgIpc) is 2.98. The van der Waals surface area contributed by atoms with Gasteiger partial charge in [0.1, 0.15) is 5.75 Å². The molecule has 0 amide bonds. The molecule has 0 unspecified atom stereocenters. The fraction of sp³-hybridized carbons (Fsp3) is 0.692. The van der Waals surface area contributed by atoms with Gasteiger partial charge >= 0.3 is 0 Å².